The Hall–Kier alpha value is -1.96. The first kappa shape index (κ1) is 10.6. The van der Waals surface area contributed by atoms with E-state index in [9.17, 15) is 4.39 Å². The Bertz CT molecular complexity index is 460. The molecular formula is C14H12FN. The Balaban J connectivity index is 1.97. The number of nitrogens with zero attached hydrogens (tertiary/aromatic N) is 1. The maximum Gasteiger partial charge on any atom is 0.123 e. The lowest BCUT2D eigenvalue weighted by molar-refractivity contribution is 0.627. The molecule has 0 aromatic heterocycles. The van der Waals surface area contributed by atoms with Gasteiger partial charge in [0.15, 0.2) is 0 Å². The van der Waals surface area contributed by atoms with E-state index in [1.54, 1.807) is 12.1 Å². The second kappa shape index (κ2) is 5.21. The third-order valence-corrected chi connectivity index (χ3v) is 2.23. The average molecular weight is 213 g/mol. The van der Waals surface area contributed by atoms with Crippen LogP contribution in [0.1, 0.15) is 11.1 Å². The van der Waals surface area contributed by atoms with Crippen LogP contribution in [0.25, 0.3) is 0 Å². The minimum atomic E-state index is -0.212. The van der Waals surface area contributed by atoms with Gasteiger partial charge in [0.2, 0.25) is 0 Å². The van der Waals surface area contributed by atoms with E-state index < -0.39 is 0 Å². The Morgan fingerprint density at radius 3 is 2.31 bits per heavy atom. The largest absolute Gasteiger partial charge is 0.288 e. The van der Waals surface area contributed by atoms with Crippen LogP contribution in [0, 0.1) is 5.82 Å². The van der Waals surface area contributed by atoms with Crippen LogP contribution in [0.4, 0.5) is 4.39 Å². The van der Waals surface area contributed by atoms with Gasteiger partial charge in [-0.1, -0.05) is 42.5 Å². The number of hydrogen-bond donors (Lipinski definition) is 0. The molecule has 0 heterocycles. The Labute approximate surface area is 94.3 Å². The Morgan fingerprint density at radius 1 is 0.938 bits per heavy atom. The first-order valence-electron chi connectivity index (χ1n) is 5.14. The SMILES string of the molecule is Fc1ccc(C/N=C/c2ccccc2)cc1. The highest BCUT2D eigenvalue weighted by Crippen LogP contribution is 2.04. The number of halogens is 1. The van der Waals surface area contributed by atoms with Gasteiger partial charge in [-0.2, -0.15) is 0 Å². The number of hydrogen-bond acceptors (Lipinski definition) is 1. The highest BCUT2D eigenvalue weighted by Gasteiger charge is 1.91. The average Bonchev–Trinajstić information content (AvgIpc) is 2.33. The predicted molar refractivity (Wildman–Crippen MR) is 64.1 cm³/mol. The summed E-state index contributed by atoms with van der Waals surface area (Å²) in [6.07, 6.45) is 1.82. The van der Waals surface area contributed by atoms with Crippen LogP contribution >= 0.6 is 0 Å². The van der Waals surface area contributed by atoms with Gasteiger partial charge in [0, 0.05) is 6.21 Å². The third-order valence-electron chi connectivity index (χ3n) is 2.23. The van der Waals surface area contributed by atoms with Gasteiger partial charge in [0.1, 0.15) is 5.82 Å². The third kappa shape index (κ3) is 3.02. The van der Waals surface area contributed by atoms with E-state index in [4.69, 9.17) is 0 Å². The fourth-order valence-corrected chi connectivity index (χ4v) is 1.39. The Kier molecular flexibility index (Phi) is 3.44. The lowest BCUT2D eigenvalue weighted by Gasteiger charge is -1.96. The minimum absolute atomic E-state index is 0.212. The number of rotatable bonds is 3. The number of aliphatic imine (C=N–C) groups is 1. The molecule has 0 N–H and O–H groups in total. The van der Waals surface area contributed by atoms with Crippen molar-refractivity contribution in [2.75, 3.05) is 0 Å². The molecule has 0 aliphatic carbocycles. The zero-order chi connectivity index (χ0) is 11.2. The first-order chi connectivity index (χ1) is 7.84. The molecule has 2 aromatic rings. The summed E-state index contributed by atoms with van der Waals surface area (Å²) in [6.45, 7) is 0.579. The summed E-state index contributed by atoms with van der Waals surface area (Å²) in [5, 5.41) is 0. The van der Waals surface area contributed by atoms with Crippen LogP contribution in [-0.2, 0) is 6.54 Å². The molecule has 0 aliphatic rings. The minimum Gasteiger partial charge on any atom is -0.288 e. The van der Waals surface area contributed by atoms with E-state index in [1.165, 1.54) is 12.1 Å². The predicted octanol–water partition coefficient (Wildman–Crippen LogP) is 3.44. The lowest BCUT2D eigenvalue weighted by Crippen LogP contribution is -1.84. The molecule has 0 spiro atoms. The van der Waals surface area contributed by atoms with E-state index in [0.717, 1.165) is 11.1 Å². The van der Waals surface area contributed by atoms with Gasteiger partial charge in [-0.15, -0.1) is 0 Å². The van der Waals surface area contributed by atoms with E-state index in [2.05, 4.69) is 4.99 Å². The van der Waals surface area contributed by atoms with E-state index in [1.807, 2.05) is 36.5 Å². The van der Waals surface area contributed by atoms with Crippen molar-refractivity contribution in [3.8, 4) is 0 Å². The number of benzene rings is 2. The molecule has 0 radical (unpaired) electrons. The van der Waals surface area contributed by atoms with Crippen LogP contribution in [0.15, 0.2) is 59.6 Å². The van der Waals surface area contributed by atoms with Gasteiger partial charge in [-0.3, -0.25) is 4.99 Å². The summed E-state index contributed by atoms with van der Waals surface area (Å²) < 4.78 is 12.6. The molecule has 2 heteroatoms. The van der Waals surface area contributed by atoms with Crippen molar-refractivity contribution in [1.82, 2.24) is 0 Å². The molecule has 0 aliphatic heterocycles. The van der Waals surface area contributed by atoms with Crippen molar-refractivity contribution in [3.63, 3.8) is 0 Å². The molecule has 2 aromatic carbocycles. The molecule has 0 saturated carbocycles. The normalized spacial score (nSPS) is 10.8. The summed E-state index contributed by atoms with van der Waals surface area (Å²) >= 11 is 0. The van der Waals surface area contributed by atoms with Gasteiger partial charge in [-0.05, 0) is 23.3 Å². The zero-order valence-electron chi connectivity index (χ0n) is 8.81. The molecule has 0 saturated heterocycles. The van der Waals surface area contributed by atoms with Crippen molar-refractivity contribution in [3.05, 3.63) is 71.5 Å². The fraction of sp³-hybridized carbons (Fsp3) is 0.0714. The second-order valence-corrected chi connectivity index (χ2v) is 3.51. The van der Waals surface area contributed by atoms with Crippen LogP contribution < -0.4 is 0 Å². The van der Waals surface area contributed by atoms with Gasteiger partial charge >= 0.3 is 0 Å². The van der Waals surface area contributed by atoms with Crippen LogP contribution in [0.2, 0.25) is 0 Å². The molecule has 0 atom stereocenters. The molecule has 0 amide bonds. The van der Waals surface area contributed by atoms with Crippen molar-refractivity contribution < 1.29 is 4.39 Å². The highest BCUT2D eigenvalue weighted by molar-refractivity contribution is 5.79. The molecule has 16 heavy (non-hydrogen) atoms. The second-order valence-electron chi connectivity index (χ2n) is 3.51. The quantitative estimate of drug-likeness (QED) is 0.692. The van der Waals surface area contributed by atoms with Crippen molar-refractivity contribution in [1.29, 1.82) is 0 Å². The van der Waals surface area contributed by atoms with Gasteiger partial charge in [0.25, 0.3) is 0 Å². The van der Waals surface area contributed by atoms with Gasteiger partial charge < -0.3 is 0 Å². The summed E-state index contributed by atoms with van der Waals surface area (Å²) in [5.41, 5.74) is 2.08. The zero-order valence-corrected chi connectivity index (χ0v) is 8.81. The fourth-order valence-electron chi connectivity index (χ4n) is 1.39. The first-order valence-corrected chi connectivity index (χ1v) is 5.14. The molecule has 0 unspecified atom stereocenters. The smallest absolute Gasteiger partial charge is 0.123 e. The molecule has 0 fully saturated rings. The standard InChI is InChI=1S/C14H12FN/c15-14-8-6-13(7-9-14)11-16-10-12-4-2-1-3-5-12/h1-10H,11H2/b16-10+. The lowest BCUT2D eigenvalue weighted by atomic mass is 10.2. The summed E-state index contributed by atoms with van der Waals surface area (Å²) in [4.78, 5) is 4.29. The Morgan fingerprint density at radius 2 is 1.62 bits per heavy atom. The van der Waals surface area contributed by atoms with Crippen molar-refractivity contribution >= 4 is 6.21 Å². The van der Waals surface area contributed by atoms with Crippen LogP contribution in [0.5, 0.6) is 0 Å². The van der Waals surface area contributed by atoms with Gasteiger partial charge in [-0.25, -0.2) is 4.39 Å². The maximum atomic E-state index is 12.6. The van der Waals surface area contributed by atoms with E-state index >= 15 is 0 Å². The van der Waals surface area contributed by atoms with Gasteiger partial charge in [0.05, 0.1) is 6.54 Å². The molecule has 0 bridgehead atoms. The topological polar surface area (TPSA) is 12.4 Å². The summed E-state index contributed by atoms with van der Waals surface area (Å²) in [5.74, 6) is -0.212. The molecule has 2 rings (SSSR count). The molecule has 80 valence electrons. The van der Waals surface area contributed by atoms with E-state index in [0.29, 0.717) is 6.54 Å². The summed E-state index contributed by atoms with van der Waals surface area (Å²) in [7, 11) is 0. The monoisotopic (exact) mass is 213 g/mol. The van der Waals surface area contributed by atoms with Crippen molar-refractivity contribution in [2.45, 2.75) is 6.54 Å². The highest BCUT2D eigenvalue weighted by atomic mass is 19.1. The molecule has 1 nitrogen and oxygen atoms in total. The van der Waals surface area contributed by atoms with Crippen LogP contribution in [-0.4, -0.2) is 6.21 Å². The molecular weight excluding hydrogens is 201 g/mol. The van der Waals surface area contributed by atoms with E-state index in [-0.39, 0.29) is 5.82 Å². The van der Waals surface area contributed by atoms with Crippen molar-refractivity contribution in [2.24, 2.45) is 4.99 Å². The summed E-state index contributed by atoms with van der Waals surface area (Å²) in [6, 6.07) is 16.3. The van der Waals surface area contributed by atoms with Crippen LogP contribution in [0.3, 0.4) is 0 Å². The maximum absolute atomic E-state index is 12.6.